The third-order valence-corrected chi connectivity index (χ3v) is 6.10. The zero-order valence-electron chi connectivity index (χ0n) is 17.8. The fraction of sp³-hybridized carbons (Fsp3) is 0.462. The van der Waals surface area contributed by atoms with Crippen LogP contribution in [0.4, 0.5) is 0 Å². The molecule has 2 aromatic carbocycles. The maximum Gasteiger partial charge on any atom is 0.0674 e. The van der Waals surface area contributed by atoms with Crippen LogP contribution < -0.4 is 0 Å². The highest BCUT2D eigenvalue weighted by Crippen LogP contribution is 2.47. The van der Waals surface area contributed by atoms with Gasteiger partial charge in [0.2, 0.25) is 0 Å². The average molecular weight is 363 g/mol. The quantitative estimate of drug-likeness (QED) is 0.520. The van der Waals surface area contributed by atoms with Crippen LogP contribution in [0.3, 0.4) is 0 Å². The summed E-state index contributed by atoms with van der Waals surface area (Å²) in [6.07, 6.45) is 4.67. The lowest BCUT2D eigenvalue weighted by atomic mass is 9.61. The molecule has 1 nitrogen and oxygen atoms in total. The van der Waals surface area contributed by atoms with Gasteiger partial charge >= 0.3 is 0 Å². The van der Waals surface area contributed by atoms with Crippen LogP contribution in [0.5, 0.6) is 0 Å². The third-order valence-electron chi connectivity index (χ3n) is 6.10. The Morgan fingerprint density at radius 1 is 1.04 bits per heavy atom. The second-order valence-electron chi connectivity index (χ2n) is 9.17. The van der Waals surface area contributed by atoms with E-state index in [1.807, 2.05) is 0 Å². The van der Waals surface area contributed by atoms with E-state index in [2.05, 4.69) is 96.1 Å². The summed E-state index contributed by atoms with van der Waals surface area (Å²) in [7, 11) is 0. The molecule has 27 heavy (non-hydrogen) atoms. The summed E-state index contributed by atoms with van der Waals surface area (Å²) in [5, 5.41) is 0. The van der Waals surface area contributed by atoms with Gasteiger partial charge in [0.15, 0.2) is 0 Å². The standard InChI is InChI=1S/C26H34O/c1-7-15-27-24-18-25(3,4)22-14-13-21(17-23(22)26(24,5)6)19(2)16-20-11-9-8-10-12-20/h8-14,16-17,24H,7,15,18H2,1-6H3. The molecular weight excluding hydrogens is 328 g/mol. The Kier molecular flexibility index (Phi) is 5.63. The Morgan fingerprint density at radius 2 is 1.74 bits per heavy atom. The highest BCUT2D eigenvalue weighted by Gasteiger charge is 2.44. The van der Waals surface area contributed by atoms with E-state index in [-0.39, 0.29) is 16.9 Å². The molecule has 144 valence electrons. The Morgan fingerprint density at radius 3 is 2.41 bits per heavy atom. The van der Waals surface area contributed by atoms with Gasteiger partial charge in [0.05, 0.1) is 6.10 Å². The third kappa shape index (κ3) is 4.04. The lowest BCUT2D eigenvalue weighted by molar-refractivity contribution is -0.0185. The van der Waals surface area contributed by atoms with Gasteiger partial charge in [0, 0.05) is 12.0 Å². The summed E-state index contributed by atoms with van der Waals surface area (Å²) in [4.78, 5) is 0. The molecule has 0 saturated heterocycles. The monoisotopic (exact) mass is 362 g/mol. The Labute approximate surface area is 165 Å². The largest absolute Gasteiger partial charge is 0.377 e. The van der Waals surface area contributed by atoms with Crippen molar-refractivity contribution in [1.29, 1.82) is 0 Å². The van der Waals surface area contributed by atoms with E-state index >= 15 is 0 Å². The summed E-state index contributed by atoms with van der Waals surface area (Å²) < 4.78 is 6.32. The number of rotatable bonds is 5. The van der Waals surface area contributed by atoms with Gasteiger partial charge in [-0.2, -0.15) is 0 Å². The highest BCUT2D eigenvalue weighted by molar-refractivity contribution is 5.80. The smallest absolute Gasteiger partial charge is 0.0674 e. The van der Waals surface area contributed by atoms with E-state index in [1.165, 1.54) is 27.8 Å². The van der Waals surface area contributed by atoms with Crippen LogP contribution in [0.15, 0.2) is 48.5 Å². The molecule has 0 aromatic heterocycles. The highest BCUT2D eigenvalue weighted by atomic mass is 16.5. The SMILES string of the molecule is CCCOC1CC(C)(C)c2ccc(C(C)=Cc3ccccc3)cc2C1(C)C. The molecule has 1 atom stereocenters. The molecular formula is C26H34O. The van der Waals surface area contributed by atoms with Gasteiger partial charge in [0.1, 0.15) is 0 Å². The van der Waals surface area contributed by atoms with Gasteiger partial charge in [-0.3, -0.25) is 0 Å². The van der Waals surface area contributed by atoms with Crippen molar-refractivity contribution in [3.63, 3.8) is 0 Å². The van der Waals surface area contributed by atoms with Gasteiger partial charge in [-0.25, -0.2) is 0 Å². The first kappa shape index (κ1) is 19.9. The summed E-state index contributed by atoms with van der Waals surface area (Å²) >= 11 is 0. The lowest BCUT2D eigenvalue weighted by Crippen LogP contribution is -2.46. The molecule has 0 heterocycles. The van der Waals surface area contributed by atoms with Crippen molar-refractivity contribution < 1.29 is 4.74 Å². The van der Waals surface area contributed by atoms with Crippen molar-refractivity contribution in [2.75, 3.05) is 6.61 Å². The number of hydrogen-bond acceptors (Lipinski definition) is 1. The number of benzene rings is 2. The minimum Gasteiger partial charge on any atom is -0.377 e. The van der Waals surface area contributed by atoms with Crippen molar-refractivity contribution in [2.45, 2.75) is 71.3 Å². The lowest BCUT2D eigenvalue weighted by Gasteiger charge is -2.47. The molecule has 0 radical (unpaired) electrons. The molecule has 0 N–H and O–H groups in total. The van der Waals surface area contributed by atoms with Crippen LogP contribution in [0.1, 0.15) is 76.6 Å². The van der Waals surface area contributed by atoms with Crippen LogP contribution in [0.25, 0.3) is 11.6 Å². The fourth-order valence-corrected chi connectivity index (χ4v) is 4.32. The summed E-state index contributed by atoms with van der Waals surface area (Å²) in [5.74, 6) is 0. The Hall–Kier alpha value is -1.86. The van der Waals surface area contributed by atoms with Gasteiger partial charge in [-0.1, -0.05) is 89.2 Å². The Bertz CT molecular complexity index is 811. The second-order valence-corrected chi connectivity index (χ2v) is 9.17. The van der Waals surface area contributed by atoms with Crippen molar-refractivity contribution in [3.8, 4) is 0 Å². The van der Waals surface area contributed by atoms with Crippen LogP contribution in [0.2, 0.25) is 0 Å². The van der Waals surface area contributed by atoms with E-state index in [4.69, 9.17) is 4.74 Å². The van der Waals surface area contributed by atoms with Gasteiger partial charge in [-0.05, 0) is 53.0 Å². The van der Waals surface area contributed by atoms with Gasteiger partial charge < -0.3 is 4.74 Å². The molecule has 0 fully saturated rings. The van der Waals surface area contributed by atoms with E-state index in [0.29, 0.717) is 0 Å². The van der Waals surface area contributed by atoms with E-state index in [9.17, 15) is 0 Å². The van der Waals surface area contributed by atoms with E-state index < -0.39 is 0 Å². The number of ether oxygens (including phenoxy) is 1. The Balaban J connectivity index is 2.03. The second kappa shape index (κ2) is 7.64. The molecule has 0 saturated carbocycles. The van der Waals surface area contributed by atoms with Crippen LogP contribution >= 0.6 is 0 Å². The van der Waals surface area contributed by atoms with Crippen LogP contribution in [-0.4, -0.2) is 12.7 Å². The minimum absolute atomic E-state index is 0.0169. The molecule has 0 spiro atoms. The van der Waals surface area contributed by atoms with Crippen molar-refractivity contribution in [1.82, 2.24) is 0 Å². The van der Waals surface area contributed by atoms with E-state index in [0.717, 1.165) is 19.4 Å². The zero-order chi connectivity index (χ0) is 19.7. The predicted octanol–water partition coefficient (Wildman–Crippen LogP) is 7.00. The van der Waals surface area contributed by atoms with E-state index in [1.54, 1.807) is 0 Å². The first-order valence-corrected chi connectivity index (χ1v) is 10.3. The maximum atomic E-state index is 6.32. The van der Waals surface area contributed by atoms with Crippen LogP contribution in [-0.2, 0) is 15.6 Å². The van der Waals surface area contributed by atoms with Crippen molar-refractivity contribution >= 4 is 11.6 Å². The summed E-state index contributed by atoms with van der Waals surface area (Å²) in [5.41, 5.74) is 6.92. The average Bonchev–Trinajstić information content (AvgIpc) is 2.64. The first-order valence-electron chi connectivity index (χ1n) is 10.3. The number of allylic oxidation sites excluding steroid dienone is 1. The van der Waals surface area contributed by atoms with Gasteiger partial charge in [0.25, 0.3) is 0 Å². The molecule has 2 aromatic rings. The topological polar surface area (TPSA) is 9.23 Å². The molecule has 3 rings (SSSR count). The summed E-state index contributed by atoms with van der Waals surface area (Å²) in [6.45, 7) is 14.6. The van der Waals surface area contributed by atoms with Crippen molar-refractivity contribution in [3.05, 3.63) is 70.8 Å². The van der Waals surface area contributed by atoms with Gasteiger partial charge in [-0.15, -0.1) is 0 Å². The number of hydrogen-bond donors (Lipinski definition) is 0. The zero-order valence-corrected chi connectivity index (χ0v) is 17.8. The molecule has 1 unspecified atom stereocenters. The molecule has 1 aliphatic carbocycles. The number of fused-ring (bicyclic) bond motifs is 1. The van der Waals surface area contributed by atoms with Crippen LogP contribution in [0, 0.1) is 0 Å². The fourth-order valence-electron chi connectivity index (χ4n) is 4.32. The predicted molar refractivity (Wildman–Crippen MR) is 117 cm³/mol. The normalized spacial score (nSPS) is 21.0. The molecule has 1 aliphatic rings. The molecule has 0 bridgehead atoms. The first-order chi connectivity index (χ1) is 12.8. The summed E-state index contributed by atoms with van der Waals surface area (Å²) in [6, 6.07) is 17.6. The molecule has 1 heteroatoms. The maximum absolute atomic E-state index is 6.32. The van der Waals surface area contributed by atoms with Crippen molar-refractivity contribution in [2.24, 2.45) is 0 Å². The minimum atomic E-state index is 0.0169. The molecule has 0 aliphatic heterocycles. The molecule has 0 amide bonds.